The molecule has 0 aliphatic heterocycles. The van der Waals surface area contributed by atoms with Crippen molar-refractivity contribution in [3.8, 4) is 5.75 Å². The predicted molar refractivity (Wildman–Crippen MR) is 88.5 cm³/mol. The number of rotatable bonds is 8. The van der Waals surface area contributed by atoms with E-state index in [2.05, 4.69) is 5.32 Å². The summed E-state index contributed by atoms with van der Waals surface area (Å²) in [7, 11) is 2.93. The van der Waals surface area contributed by atoms with Crippen molar-refractivity contribution >= 4 is 29.7 Å². The van der Waals surface area contributed by atoms with E-state index in [0.29, 0.717) is 12.4 Å². The molecule has 1 aromatic carbocycles. The van der Waals surface area contributed by atoms with Gasteiger partial charge in [-0.05, 0) is 24.5 Å². The molecule has 0 spiro atoms. The van der Waals surface area contributed by atoms with Crippen molar-refractivity contribution in [3.63, 3.8) is 0 Å². The summed E-state index contributed by atoms with van der Waals surface area (Å²) in [6, 6.07) is 4.31. The highest BCUT2D eigenvalue weighted by atomic mass is 32.2. The highest BCUT2D eigenvalue weighted by molar-refractivity contribution is 7.98. The van der Waals surface area contributed by atoms with Gasteiger partial charge in [-0.2, -0.15) is 0 Å². The lowest BCUT2D eigenvalue weighted by Gasteiger charge is -2.10. The predicted octanol–water partition coefficient (Wildman–Crippen LogP) is 1.05. The summed E-state index contributed by atoms with van der Waals surface area (Å²) < 4.78 is 14.8. The van der Waals surface area contributed by atoms with Crippen LogP contribution in [0.25, 0.3) is 0 Å². The largest absolute Gasteiger partial charge is 0.496 e. The molecule has 0 heterocycles. The Labute approximate surface area is 144 Å². The Morgan fingerprint density at radius 2 is 1.96 bits per heavy atom. The van der Waals surface area contributed by atoms with Gasteiger partial charge in [0.1, 0.15) is 11.3 Å². The average Bonchev–Trinajstić information content (AvgIpc) is 2.59. The van der Waals surface area contributed by atoms with E-state index in [1.807, 2.05) is 11.6 Å². The SMILES string of the molecule is COCCNC(=O)NC(=O)COC(=O)c1ccc(SC)cc1OC. The Balaban J connectivity index is 2.51. The second kappa shape index (κ2) is 10.5. The molecule has 0 saturated heterocycles. The summed E-state index contributed by atoms with van der Waals surface area (Å²) >= 11 is 1.50. The number of hydrogen-bond donors (Lipinski definition) is 2. The van der Waals surface area contributed by atoms with Crippen LogP contribution < -0.4 is 15.4 Å². The first kappa shape index (κ1) is 19.8. The fraction of sp³-hybridized carbons (Fsp3) is 0.400. The Morgan fingerprint density at radius 1 is 1.21 bits per heavy atom. The van der Waals surface area contributed by atoms with Crippen molar-refractivity contribution in [3.05, 3.63) is 23.8 Å². The molecule has 9 heteroatoms. The quantitative estimate of drug-likeness (QED) is 0.408. The van der Waals surface area contributed by atoms with E-state index in [1.165, 1.54) is 26.0 Å². The summed E-state index contributed by atoms with van der Waals surface area (Å²) in [5, 5.41) is 4.44. The van der Waals surface area contributed by atoms with Gasteiger partial charge in [0.05, 0.1) is 13.7 Å². The molecule has 0 unspecified atom stereocenters. The van der Waals surface area contributed by atoms with Gasteiger partial charge < -0.3 is 19.5 Å². The van der Waals surface area contributed by atoms with Crippen LogP contribution in [0.1, 0.15) is 10.4 Å². The van der Waals surface area contributed by atoms with Gasteiger partial charge in [-0.15, -0.1) is 11.8 Å². The summed E-state index contributed by atoms with van der Waals surface area (Å²) in [6.45, 7) is 0.000779. The maximum atomic E-state index is 12.0. The van der Waals surface area contributed by atoms with Crippen molar-refractivity contribution < 1.29 is 28.6 Å². The molecule has 3 amide bonds. The molecule has 0 fully saturated rings. The molecule has 24 heavy (non-hydrogen) atoms. The van der Waals surface area contributed by atoms with Crippen LogP contribution in [0, 0.1) is 0 Å². The third kappa shape index (κ3) is 6.47. The zero-order chi connectivity index (χ0) is 17.9. The average molecular weight is 356 g/mol. The number of nitrogens with one attached hydrogen (secondary N) is 2. The fourth-order valence-corrected chi connectivity index (χ4v) is 2.08. The minimum Gasteiger partial charge on any atom is -0.496 e. The molecule has 0 aliphatic rings. The van der Waals surface area contributed by atoms with Gasteiger partial charge in [0.15, 0.2) is 6.61 Å². The number of urea groups is 1. The topological polar surface area (TPSA) is 103 Å². The van der Waals surface area contributed by atoms with Gasteiger partial charge in [-0.3, -0.25) is 10.1 Å². The third-order valence-corrected chi connectivity index (χ3v) is 3.53. The van der Waals surface area contributed by atoms with Gasteiger partial charge in [0.2, 0.25) is 0 Å². The van der Waals surface area contributed by atoms with E-state index < -0.39 is 24.5 Å². The molecule has 1 rings (SSSR count). The summed E-state index contributed by atoms with van der Waals surface area (Å²) in [5.74, 6) is -1.10. The number of ether oxygens (including phenoxy) is 3. The van der Waals surface area contributed by atoms with Crippen LogP contribution in [-0.2, 0) is 14.3 Å². The van der Waals surface area contributed by atoms with Crippen LogP contribution in [0.5, 0.6) is 5.75 Å². The number of esters is 1. The van der Waals surface area contributed by atoms with E-state index in [4.69, 9.17) is 14.2 Å². The van der Waals surface area contributed by atoms with Crippen LogP contribution >= 0.6 is 11.8 Å². The second-order valence-electron chi connectivity index (χ2n) is 4.44. The Hall–Kier alpha value is -2.26. The third-order valence-electron chi connectivity index (χ3n) is 2.81. The highest BCUT2D eigenvalue weighted by Gasteiger charge is 2.16. The maximum Gasteiger partial charge on any atom is 0.342 e. The van der Waals surface area contributed by atoms with E-state index in [-0.39, 0.29) is 12.1 Å². The van der Waals surface area contributed by atoms with Crippen LogP contribution in [0.15, 0.2) is 23.1 Å². The molecule has 0 atom stereocenters. The molecule has 1 aromatic rings. The molecule has 0 bridgehead atoms. The van der Waals surface area contributed by atoms with Crippen molar-refractivity contribution in [2.24, 2.45) is 0 Å². The molecule has 8 nitrogen and oxygen atoms in total. The lowest BCUT2D eigenvalue weighted by Crippen LogP contribution is -2.42. The minimum atomic E-state index is -0.738. The van der Waals surface area contributed by atoms with Crippen molar-refractivity contribution in [2.75, 3.05) is 40.2 Å². The first-order valence-corrected chi connectivity index (χ1v) is 8.20. The maximum absolute atomic E-state index is 12.0. The Bertz CT molecular complexity index is 593. The smallest absolute Gasteiger partial charge is 0.342 e. The molecule has 0 aliphatic carbocycles. The number of methoxy groups -OCH3 is 2. The van der Waals surface area contributed by atoms with Crippen molar-refractivity contribution in [2.45, 2.75) is 4.90 Å². The van der Waals surface area contributed by atoms with Crippen molar-refractivity contribution in [1.29, 1.82) is 0 Å². The molecular formula is C15H20N2O6S. The van der Waals surface area contributed by atoms with Gasteiger partial charge in [-0.25, -0.2) is 9.59 Å². The molecular weight excluding hydrogens is 336 g/mol. The zero-order valence-corrected chi connectivity index (χ0v) is 14.5. The van der Waals surface area contributed by atoms with Gasteiger partial charge in [0.25, 0.3) is 5.91 Å². The highest BCUT2D eigenvalue weighted by Crippen LogP contribution is 2.25. The van der Waals surface area contributed by atoms with Crippen LogP contribution in [0.2, 0.25) is 0 Å². The molecule has 0 aromatic heterocycles. The lowest BCUT2D eigenvalue weighted by atomic mass is 10.2. The number of amides is 3. The standard InChI is InChI=1S/C15H20N2O6S/c1-21-7-6-16-15(20)17-13(18)9-23-14(19)11-5-4-10(24-3)8-12(11)22-2/h4-5,8H,6-7,9H2,1-3H3,(H2,16,17,18,20). The number of benzene rings is 1. The fourth-order valence-electron chi connectivity index (χ4n) is 1.65. The number of hydrogen-bond acceptors (Lipinski definition) is 7. The van der Waals surface area contributed by atoms with Crippen molar-refractivity contribution in [1.82, 2.24) is 10.6 Å². The monoisotopic (exact) mass is 356 g/mol. The Kier molecular flexibility index (Phi) is 8.66. The van der Waals surface area contributed by atoms with Crippen LogP contribution in [-0.4, -0.2) is 58.1 Å². The van der Waals surface area contributed by atoms with E-state index in [9.17, 15) is 14.4 Å². The summed E-state index contributed by atoms with van der Waals surface area (Å²) in [6.07, 6.45) is 1.90. The summed E-state index contributed by atoms with van der Waals surface area (Å²) in [4.78, 5) is 35.9. The molecule has 0 radical (unpaired) electrons. The summed E-state index contributed by atoms with van der Waals surface area (Å²) in [5.41, 5.74) is 0.202. The number of carbonyl (C=O) groups is 3. The van der Waals surface area contributed by atoms with Gasteiger partial charge >= 0.3 is 12.0 Å². The van der Waals surface area contributed by atoms with Gasteiger partial charge in [-0.1, -0.05) is 0 Å². The number of imide groups is 1. The molecule has 132 valence electrons. The molecule has 2 N–H and O–H groups in total. The van der Waals surface area contributed by atoms with E-state index >= 15 is 0 Å². The van der Waals surface area contributed by atoms with Crippen LogP contribution in [0.3, 0.4) is 0 Å². The number of thioether (sulfide) groups is 1. The normalized spacial score (nSPS) is 9.96. The number of carbonyl (C=O) groups excluding carboxylic acids is 3. The van der Waals surface area contributed by atoms with Crippen LogP contribution in [0.4, 0.5) is 4.79 Å². The van der Waals surface area contributed by atoms with E-state index in [0.717, 1.165) is 4.90 Å². The van der Waals surface area contributed by atoms with Gasteiger partial charge in [0, 0.05) is 18.6 Å². The first-order chi connectivity index (χ1) is 11.5. The Morgan fingerprint density at radius 3 is 2.58 bits per heavy atom. The lowest BCUT2D eigenvalue weighted by molar-refractivity contribution is -0.123. The van der Waals surface area contributed by atoms with E-state index in [1.54, 1.807) is 18.2 Å². The zero-order valence-electron chi connectivity index (χ0n) is 13.7. The first-order valence-electron chi connectivity index (χ1n) is 6.97. The molecule has 0 saturated carbocycles. The minimum absolute atomic E-state index is 0.202. The second-order valence-corrected chi connectivity index (χ2v) is 5.32.